The summed E-state index contributed by atoms with van der Waals surface area (Å²) in [4.78, 5) is 14.6. The Hall–Kier alpha value is -1.21. The quantitative estimate of drug-likeness (QED) is 0.633. The van der Waals surface area contributed by atoms with Crippen molar-refractivity contribution in [1.29, 1.82) is 0 Å². The second-order valence-electron chi connectivity index (χ2n) is 5.15. The molecule has 2 N–H and O–H groups in total. The molecule has 20 heavy (non-hydrogen) atoms. The predicted molar refractivity (Wildman–Crippen MR) is 79.6 cm³/mol. The van der Waals surface area contributed by atoms with Crippen LogP contribution in [0.15, 0.2) is 16.7 Å². The second kappa shape index (κ2) is 6.99. The number of halogens is 1. The van der Waals surface area contributed by atoms with Crippen LogP contribution in [0.1, 0.15) is 25.7 Å². The number of hydrogen-bond donors (Lipinski definition) is 2. The SMILES string of the molecule is O=[N+]([O-])c1cc(Br)cnc1NCC1CCCCC1CO. The van der Waals surface area contributed by atoms with Gasteiger partial charge >= 0.3 is 5.69 Å². The summed E-state index contributed by atoms with van der Waals surface area (Å²) in [6.07, 6.45) is 5.91. The van der Waals surface area contributed by atoms with Crippen LogP contribution in [0.2, 0.25) is 0 Å². The summed E-state index contributed by atoms with van der Waals surface area (Å²) >= 11 is 3.19. The molecule has 1 aromatic rings. The molecule has 1 fully saturated rings. The normalized spacial score (nSPS) is 22.5. The third-order valence-electron chi connectivity index (χ3n) is 3.86. The average Bonchev–Trinajstić information content (AvgIpc) is 2.46. The zero-order chi connectivity index (χ0) is 14.5. The fraction of sp³-hybridized carbons (Fsp3) is 0.615. The summed E-state index contributed by atoms with van der Waals surface area (Å²) < 4.78 is 0.584. The molecule has 1 heterocycles. The van der Waals surface area contributed by atoms with E-state index in [0.29, 0.717) is 22.8 Å². The fourth-order valence-corrected chi connectivity index (χ4v) is 3.04. The first kappa shape index (κ1) is 15.2. The van der Waals surface area contributed by atoms with Crippen LogP contribution in [-0.2, 0) is 0 Å². The van der Waals surface area contributed by atoms with Crippen LogP contribution in [0, 0.1) is 22.0 Å². The van der Waals surface area contributed by atoms with Crippen molar-refractivity contribution in [3.63, 3.8) is 0 Å². The topological polar surface area (TPSA) is 88.3 Å². The summed E-state index contributed by atoms with van der Waals surface area (Å²) in [6.45, 7) is 0.795. The molecule has 2 rings (SSSR count). The van der Waals surface area contributed by atoms with E-state index in [-0.39, 0.29) is 18.2 Å². The van der Waals surface area contributed by atoms with Crippen molar-refractivity contribution in [1.82, 2.24) is 4.98 Å². The molecule has 1 aromatic heterocycles. The Balaban J connectivity index is 2.04. The Morgan fingerprint density at radius 1 is 1.45 bits per heavy atom. The minimum absolute atomic E-state index is 0.0317. The number of aliphatic hydroxyl groups excluding tert-OH is 1. The largest absolute Gasteiger partial charge is 0.396 e. The number of hydrogen-bond acceptors (Lipinski definition) is 5. The molecule has 0 aromatic carbocycles. The molecule has 110 valence electrons. The molecule has 0 saturated heterocycles. The molecule has 1 aliphatic carbocycles. The van der Waals surface area contributed by atoms with Crippen LogP contribution in [0.4, 0.5) is 11.5 Å². The van der Waals surface area contributed by atoms with Gasteiger partial charge in [0.1, 0.15) is 0 Å². The average molecular weight is 344 g/mol. The maximum absolute atomic E-state index is 11.0. The lowest BCUT2D eigenvalue weighted by molar-refractivity contribution is -0.384. The van der Waals surface area contributed by atoms with Gasteiger partial charge in [-0.25, -0.2) is 4.98 Å². The third-order valence-corrected chi connectivity index (χ3v) is 4.30. The Labute approximate surface area is 125 Å². The smallest absolute Gasteiger partial charge is 0.312 e. The van der Waals surface area contributed by atoms with Gasteiger partial charge in [-0.3, -0.25) is 10.1 Å². The van der Waals surface area contributed by atoms with Crippen molar-refractivity contribution in [2.75, 3.05) is 18.5 Å². The van der Waals surface area contributed by atoms with Crippen molar-refractivity contribution in [2.24, 2.45) is 11.8 Å². The molecular formula is C13H18BrN3O3. The van der Waals surface area contributed by atoms with Crippen molar-refractivity contribution in [3.8, 4) is 0 Å². The first-order valence-corrected chi connectivity index (χ1v) is 7.55. The highest BCUT2D eigenvalue weighted by Gasteiger charge is 2.25. The minimum atomic E-state index is -0.440. The van der Waals surface area contributed by atoms with Crippen LogP contribution in [0.5, 0.6) is 0 Å². The van der Waals surface area contributed by atoms with Crippen LogP contribution in [0.3, 0.4) is 0 Å². The van der Waals surface area contributed by atoms with Gasteiger partial charge < -0.3 is 10.4 Å². The van der Waals surface area contributed by atoms with E-state index in [4.69, 9.17) is 0 Å². The molecular weight excluding hydrogens is 326 g/mol. The second-order valence-corrected chi connectivity index (χ2v) is 6.06. The lowest BCUT2D eigenvalue weighted by atomic mass is 9.79. The van der Waals surface area contributed by atoms with E-state index in [0.717, 1.165) is 25.7 Å². The Kier molecular flexibility index (Phi) is 5.31. The number of rotatable bonds is 5. The molecule has 1 aliphatic rings. The van der Waals surface area contributed by atoms with Gasteiger partial charge in [-0.2, -0.15) is 0 Å². The molecule has 0 aliphatic heterocycles. The molecule has 0 amide bonds. The molecule has 6 nitrogen and oxygen atoms in total. The highest BCUT2D eigenvalue weighted by molar-refractivity contribution is 9.10. The summed E-state index contributed by atoms with van der Waals surface area (Å²) in [5.41, 5.74) is -0.0317. The van der Waals surface area contributed by atoms with E-state index in [1.54, 1.807) is 6.20 Å². The summed E-state index contributed by atoms with van der Waals surface area (Å²) in [6, 6.07) is 1.44. The first-order chi connectivity index (χ1) is 9.61. The molecule has 0 radical (unpaired) electrons. The van der Waals surface area contributed by atoms with Crippen molar-refractivity contribution < 1.29 is 10.0 Å². The molecule has 1 saturated carbocycles. The number of nitrogens with one attached hydrogen (secondary N) is 1. The molecule has 2 atom stereocenters. The van der Waals surface area contributed by atoms with Crippen molar-refractivity contribution >= 4 is 27.4 Å². The van der Waals surface area contributed by atoms with Crippen LogP contribution >= 0.6 is 15.9 Å². The van der Waals surface area contributed by atoms with Gasteiger partial charge in [-0.05, 0) is 40.6 Å². The standard InChI is InChI=1S/C13H18BrN3O3/c14-11-5-12(17(19)20)13(16-7-11)15-6-9-3-1-2-4-10(9)8-18/h5,7,9-10,18H,1-4,6,8H2,(H,15,16). The maximum atomic E-state index is 11.0. The highest BCUT2D eigenvalue weighted by atomic mass is 79.9. The molecule has 0 spiro atoms. The summed E-state index contributed by atoms with van der Waals surface area (Å²) in [7, 11) is 0. The lowest BCUT2D eigenvalue weighted by Crippen LogP contribution is -2.29. The van der Waals surface area contributed by atoms with Crippen LogP contribution < -0.4 is 5.32 Å². The van der Waals surface area contributed by atoms with Gasteiger partial charge in [0.2, 0.25) is 5.82 Å². The number of pyridine rings is 1. The predicted octanol–water partition coefficient (Wildman–Crippen LogP) is 2.96. The number of anilines is 1. The minimum Gasteiger partial charge on any atom is -0.396 e. The van der Waals surface area contributed by atoms with Crippen molar-refractivity contribution in [3.05, 3.63) is 26.9 Å². The highest BCUT2D eigenvalue weighted by Crippen LogP contribution is 2.31. The van der Waals surface area contributed by atoms with E-state index < -0.39 is 4.92 Å². The molecule has 2 unspecified atom stereocenters. The summed E-state index contributed by atoms with van der Waals surface area (Å²) in [5.74, 6) is 0.921. The van der Waals surface area contributed by atoms with Gasteiger partial charge in [0.05, 0.1) is 4.92 Å². The zero-order valence-electron chi connectivity index (χ0n) is 11.1. The van der Waals surface area contributed by atoms with Gasteiger partial charge in [-0.15, -0.1) is 0 Å². The maximum Gasteiger partial charge on any atom is 0.312 e. The van der Waals surface area contributed by atoms with E-state index in [1.807, 2.05) is 0 Å². The first-order valence-electron chi connectivity index (χ1n) is 6.76. The van der Waals surface area contributed by atoms with Gasteiger partial charge in [-0.1, -0.05) is 12.8 Å². The monoisotopic (exact) mass is 343 g/mol. The molecule has 7 heteroatoms. The van der Waals surface area contributed by atoms with E-state index >= 15 is 0 Å². The van der Waals surface area contributed by atoms with Gasteiger partial charge in [0.15, 0.2) is 0 Å². The fourth-order valence-electron chi connectivity index (χ4n) is 2.73. The summed E-state index contributed by atoms with van der Waals surface area (Å²) in [5, 5.41) is 23.5. The van der Waals surface area contributed by atoms with Crippen LogP contribution in [-0.4, -0.2) is 28.2 Å². The van der Waals surface area contributed by atoms with Crippen molar-refractivity contribution in [2.45, 2.75) is 25.7 Å². The zero-order valence-corrected chi connectivity index (χ0v) is 12.7. The number of aliphatic hydroxyl groups is 1. The van der Waals surface area contributed by atoms with E-state index in [9.17, 15) is 15.2 Å². The Morgan fingerprint density at radius 2 is 2.15 bits per heavy atom. The number of nitro groups is 1. The van der Waals surface area contributed by atoms with Gasteiger partial charge in [0, 0.05) is 29.9 Å². The lowest BCUT2D eigenvalue weighted by Gasteiger charge is -2.30. The molecule has 0 bridgehead atoms. The number of nitrogens with zero attached hydrogens (tertiary/aromatic N) is 2. The van der Waals surface area contributed by atoms with E-state index in [2.05, 4.69) is 26.2 Å². The Bertz CT molecular complexity index is 484. The van der Waals surface area contributed by atoms with E-state index in [1.165, 1.54) is 6.07 Å². The third kappa shape index (κ3) is 3.67. The number of aromatic nitrogens is 1. The van der Waals surface area contributed by atoms with Crippen LogP contribution in [0.25, 0.3) is 0 Å². The van der Waals surface area contributed by atoms with Gasteiger partial charge in [0.25, 0.3) is 0 Å². The Morgan fingerprint density at radius 3 is 2.80 bits per heavy atom.